The summed E-state index contributed by atoms with van der Waals surface area (Å²) in [6.45, 7) is 3.57. The number of aryl methyl sites for hydroxylation is 1. The number of nitrogens with one attached hydrogen (secondary N) is 1. The average Bonchev–Trinajstić information content (AvgIpc) is 2.55. The number of carbonyl (C=O) groups excluding carboxylic acids is 1. The number of hydrogen-bond donors (Lipinski definition) is 1. The van der Waals surface area contributed by atoms with Crippen LogP contribution in [0.5, 0.6) is 0 Å². The maximum atomic E-state index is 12.0. The quantitative estimate of drug-likeness (QED) is 0.521. The molecule has 0 aliphatic heterocycles. The van der Waals surface area contributed by atoms with Gasteiger partial charge in [0.05, 0.1) is 4.92 Å². The van der Waals surface area contributed by atoms with Gasteiger partial charge in [-0.1, -0.05) is 37.3 Å². The van der Waals surface area contributed by atoms with Crippen LogP contribution in [0.25, 0.3) is 0 Å². The molecule has 0 radical (unpaired) electrons. The highest BCUT2D eigenvalue weighted by Gasteiger charge is 2.13. The number of benzene rings is 2. The smallest absolute Gasteiger partial charge is 0.267 e. The van der Waals surface area contributed by atoms with E-state index < -0.39 is 10.8 Å². The molecule has 1 unspecified atom stereocenters. The summed E-state index contributed by atoms with van der Waals surface area (Å²) in [5, 5.41) is 14.7. The maximum absolute atomic E-state index is 12.0. The molecule has 6 nitrogen and oxygen atoms in total. The Bertz CT molecular complexity index is 742. The lowest BCUT2D eigenvalue weighted by atomic mass is 10.0. The monoisotopic (exact) mass is 311 g/mol. The molecule has 23 heavy (non-hydrogen) atoms. The molecule has 0 spiro atoms. The fraction of sp³-hybridized carbons (Fsp3) is 0.176. The molecule has 1 N–H and O–H groups in total. The van der Waals surface area contributed by atoms with E-state index in [4.69, 9.17) is 0 Å². The van der Waals surface area contributed by atoms with E-state index in [0.717, 1.165) is 5.56 Å². The summed E-state index contributed by atoms with van der Waals surface area (Å²) in [7, 11) is 0. The highest BCUT2D eigenvalue weighted by Crippen LogP contribution is 2.18. The second-order valence-electron chi connectivity index (χ2n) is 5.18. The SMILES string of the molecule is Cc1cc(C(=O)NN=CC(C)c2ccccc2)ccc1[N+](=O)[O-]. The van der Waals surface area contributed by atoms with Gasteiger partial charge in [-0.15, -0.1) is 0 Å². The third-order valence-corrected chi connectivity index (χ3v) is 3.45. The minimum absolute atomic E-state index is 0.0113. The first kappa shape index (κ1) is 16.4. The molecule has 0 fully saturated rings. The van der Waals surface area contributed by atoms with Gasteiger partial charge in [-0.25, -0.2) is 5.43 Å². The number of nitrogens with zero attached hydrogens (tertiary/aromatic N) is 2. The molecule has 0 heterocycles. The third kappa shape index (κ3) is 4.23. The van der Waals surface area contributed by atoms with Crippen LogP contribution in [0, 0.1) is 17.0 Å². The highest BCUT2D eigenvalue weighted by atomic mass is 16.6. The van der Waals surface area contributed by atoms with E-state index in [9.17, 15) is 14.9 Å². The number of rotatable bonds is 5. The van der Waals surface area contributed by atoms with E-state index in [1.165, 1.54) is 18.2 Å². The second kappa shape index (κ2) is 7.31. The number of carbonyl (C=O) groups is 1. The van der Waals surface area contributed by atoms with E-state index >= 15 is 0 Å². The van der Waals surface area contributed by atoms with Gasteiger partial charge in [-0.2, -0.15) is 5.10 Å². The van der Waals surface area contributed by atoms with Crippen molar-refractivity contribution in [2.45, 2.75) is 19.8 Å². The number of amides is 1. The Hall–Kier alpha value is -3.02. The Morgan fingerprint density at radius 2 is 1.96 bits per heavy atom. The van der Waals surface area contributed by atoms with Crippen molar-refractivity contribution in [3.63, 3.8) is 0 Å². The highest BCUT2D eigenvalue weighted by molar-refractivity contribution is 5.95. The van der Waals surface area contributed by atoms with Crippen LogP contribution in [-0.2, 0) is 0 Å². The van der Waals surface area contributed by atoms with E-state index in [-0.39, 0.29) is 11.6 Å². The molecule has 1 amide bonds. The fourth-order valence-electron chi connectivity index (χ4n) is 2.12. The van der Waals surface area contributed by atoms with E-state index in [1.54, 1.807) is 13.1 Å². The third-order valence-electron chi connectivity index (χ3n) is 3.45. The maximum Gasteiger partial charge on any atom is 0.272 e. The lowest BCUT2D eigenvalue weighted by molar-refractivity contribution is -0.385. The summed E-state index contributed by atoms with van der Waals surface area (Å²) in [5.41, 5.74) is 4.28. The molecular formula is C17H17N3O3. The van der Waals surface area contributed by atoms with Gasteiger partial charge in [-0.05, 0) is 24.6 Å². The van der Waals surface area contributed by atoms with Crippen LogP contribution < -0.4 is 5.43 Å². The summed E-state index contributed by atoms with van der Waals surface area (Å²) in [6.07, 6.45) is 1.64. The summed E-state index contributed by atoms with van der Waals surface area (Å²) in [5.74, 6) is -0.338. The minimum Gasteiger partial charge on any atom is -0.267 e. The number of nitro benzene ring substituents is 1. The molecule has 2 rings (SSSR count). The predicted octanol–water partition coefficient (Wildman–Crippen LogP) is 3.42. The van der Waals surface area contributed by atoms with Crippen molar-refractivity contribution in [2.24, 2.45) is 5.10 Å². The molecule has 2 aromatic rings. The largest absolute Gasteiger partial charge is 0.272 e. The molecule has 6 heteroatoms. The molecule has 118 valence electrons. The van der Waals surface area contributed by atoms with Gasteiger partial charge in [0.2, 0.25) is 0 Å². The Labute approximate surface area is 134 Å². The van der Waals surface area contributed by atoms with Gasteiger partial charge >= 0.3 is 0 Å². The normalized spacial score (nSPS) is 12.1. The van der Waals surface area contributed by atoms with Gasteiger partial charge in [0.15, 0.2) is 0 Å². The lowest BCUT2D eigenvalue weighted by Gasteiger charge is -2.06. The molecule has 0 aliphatic rings. The molecule has 0 saturated heterocycles. The predicted molar refractivity (Wildman–Crippen MR) is 88.6 cm³/mol. The van der Waals surface area contributed by atoms with Crippen LogP contribution in [0.2, 0.25) is 0 Å². The first-order chi connectivity index (χ1) is 11.0. The van der Waals surface area contributed by atoms with Crippen molar-refractivity contribution >= 4 is 17.8 Å². The van der Waals surface area contributed by atoms with Crippen molar-refractivity contribution < 1.29 is 9.72 Å². The zero-order valence-electron chi connectivity index (χ0n) is 12.9. The Morgan fingerprint density at radius 3 is 2.57 bits per heavy atom. The van der Waals surface area contributed by atoms with Crippen LogP contribution in [0.3, 0.4) is 0 Å². The van der Waals surface area contributed by atoms with Crippen LogP contribution in [0.4, 0.5) is 5.69 Å². The molecular weight excluding hydrogens is 294 g/mol. The molecule has 1 atom stereocenters. The summed E-state index contributed by atoms with van der Waals surface area (Å²) in [4.78, 5) is 22.3. The molecule has 2 aromatic carbocycles. The standard InChI is InChI=1S/C17H17N3O3/c1-12-10-15(8-9-16(12)20(22)23)17(21)19-18-11-13(2)14-6-4-3-5-7-14/h3-11,13H,1-2H3,(H,19,21). The van der Waals surface area contributed by atoms with Crippen LogP contribution in [-0.4, -0.2) is 17.0 Å². The van der Waals surface area contributed by atoms with Crippen molar-refractivity contribution in [3.8, 4) is 0 Å². The average molecular weight is 311 g/mol. The number of hydrogen-bond acceptors (Lipinski definition) is 4. The first-order valence-corrected chi connectivity index (χ1v) is 7.12. The van der Waals surface area contributed by atoms with E-state index in [2.05, 4.69) is 10.5 Å². The fourth-order valence-corrected chi connectivity index (χ4v) is 2.12. The molecule has 0 aromatic heterocycles. The summed E-state index contributed by atoms with van der Waals surface area (Å²) < 4.78 is 0. The first-order valence-electron chi connectivity index (χ1n) is 7.12. The molecule has 0 aliphatic carbocycles. The zero-order chi connectivity index (χ0) is 16.8. The Morgan fingerprint density at radius 1 is 1.26 bits per heavy atom. The van der Waals surface area contributed by atoms with E-state index in [0.29, 0.717) is 11.1 Å². The van der Waals surface area contributed by atoms with Gasteiger partial charge in [0, 0.05) is 29.3 Å². The van der Waals surface area contributed by atoms with Gasteiger partial charge < -0.3 is 0 Å². The van der Waals surface area contributed by atoms with Gasteiger partial charge in [-0.3, -0.25) is 14.9 Å². The Balaban J connectivity index is 2.01. The van der Waals surface area contributed by atoms with Crippen molar-refractivity contribution in [3.05, 3.63) is 75.3 Å². The summed E-state index contributed by atoms with van der Waals surface area (Å²) >= 11 is 0. The van der Waals surface area contributed by atoms with Crippen LogP contribution in [0.1, 0.15) is 34.3 Å². The van der Waals surface area contributed by atoms with Crippen LogP contribution in [0.15, 0.2) is 53.6 Å². The number of hydrazone groups is 1. The Kier molecular flexibility index (Phi) is 5.19. The van der Waals surface area contributed by atoms with Crippen LogP contribution >= 0.6 is 0 Å². The zero-order valence-corrected chi connectivity index (χ0v) is 12.9. The van der Waals surface area contributed by atoms with Crippen molar-refractivity contribution in [2.75, 3.05) is 0 Å². The van der Waals surface area contributed by atoms with Gasteiger partial charge in [0.1, 0.15) is 0 Å². The lowest BCUT2D eigenvalue weighted by Crippen LogP contribution is -2.18. The van der Waals surface area contributed by atoms with Gasteiger partial charge in [0.25, 0.3) is 11.6 Å². The van der Waals surface area contributed by atoms with E-state index in [1.807, 2.05) is 37.3 Å². The van der Waals surface area contributed by atoms with Crippen molar-refractivity contribution in [1.82, 2.24) is 5.43 Å². The minimum atomic E-state index is -0.475. The topological polar surface area (TPSA) is 84.6 Å². The molecule has 0 bridgehead atoms. The second-order valence-corrected chi connectivity index (χ2v) is 5.18. The van der Waals surface area contributed by atoms with Crippen molar-refractivity contribution in [1.29, 1.82) is 0 Å². The number of nitro groups is 1. The molecule has 0 saturated carbocycles. The summed E-state index contributed by atoms with van der Waals surface area (Å²) in [6, 6.07) is 14.0.